The molecular weight excluding hydrogens is 260 g/mol. The number of unbranched alkanes of at least 4 members (excludes halogenated alkanes) is 3. The number of hydrogen-bond donors (Lipinski definition) is 3. The van der Waals surface area contributed by atoms with Crippen LogP contribution in [-0.4, -0.2) is 24.5 Å². The van der Waals surface area contributed by atoms with E-state index in [0.29, 0.717) is 0 Å². The quantitative estimate of drug-likeness (QED) is 0.415. The van der Waals surface area contributed by atoms with Gasteiger partial charge in [-0.3, -0.25) is 4.99 Å². The minimum absolute atomic E-state index is 0.753. The van der Waals surface area contributed by atoms with Gasteiger partial charge < -0.3 is 15.6 Å². The summed E-state index contributed by atoms with van der Waals surface area (Å²) in [6.45, 7) is 3.96. The highest BCUT2D eigenvalue weighted by atomic mass is 15.2. The number of fused-ring (bicyclic) bond motifs is 1. The average Bonchev–Trinajstić information content (AvgIpc) is 2.93. The van der Waals surface area contributed by atoms with Gasteiger partial charge in [0.1, 0.15) is 0 Å². The topological polar surface area (TPSA) is 52.2 Å². The molecule has 0 bridgehead atoms. The lowest BCUT2D eigenvalue weighted by molar-refractivity contribution is 0.646. The first-order chi connectivity index (χ1) is 10.3. The molecule has 1 heterocycles. The predicted molar refractivity (Wildman–Crippen MR) is 90.6 cm³/mol. The summed E-state index contributed by atoms with van der Waals surface area (Å²) in [5.41, 5.74) is 2.35. The van der Waals surface area contributed by atoms with E-state index in [2.05, 4.69) is 51.8 Å². The second-order valence-electron chi connectivity index (χ2n) is 5.30. The Balaban J connectivity index is 1.77. The Bertz CT molecular complexity index is 538. The molecule has 0 spiro atoms. The van der Waals surface area contributed by atoms with Crippen molar-refractivity contribution in [3.05, 3.63) is 36.0 Å². The molecule has 21 heavy (non-hydrogen) atoms. The molecule has 0 atom stereocenters. The molecule has 0 radical (unpaired) electrons. The molecule has 0 amide bonds. The molecule has 0 fully saturated rings. The van der Waals surface area contributed by atoms with E-state index < -0.39 is 0 Å². The molecule has 3 N–H and O–H groups in total. The van der Waals surface area contributed by atoms with Crippen LogP contribution >= 0.6 is 0 Å². The fraction of sp³-hybridized carbons (Fsp3) is 0.471. The van der Waals surface area contributed by atoms with Gasteiger partial charge >= 0.3 is 0 Å². The monoisotopic (exact) mass is 286 g/mol. The molecule has 0 saturated carbocycles. The van der Waals surface area contributed by atoms with Crippen LogP contribution in [0, 0.1) is 0 Å². The third-order valence-electron chi connectivity index (χ3n) is 3.58. The van der Waals surface area contributed by atoms with Crippen molar-refractivity contribution in [1.29, 1.82) is 0 Å². The molecule has 1 aromatic heterocycles. The molecule has 0 unspecified atom stereocenters. The first kappa shape index (κ1) is 15.4. The summed E-state index contributed by atoms with van der Waals surface area (Å²) < 4.78 is 0. The Hall–Kier alpha value is -1.97. The van der Waals surface area contributed by atoms with Gasteiger partial charge in [-0.25, -0.2) is 0 Å². The number of nitrogens with one attached hydrogen (secondary N) is 3. The number of nitrogens with zero attached hydrogens (tertiary/aromatic N) is 1. The maximum Gasteiger partial charge on any atom is 0.191 e. The van der Waals surface area contributed by atoms with E-state index in [1.165, 1.54) is 42.3 Å². The Labute approximate surface area is 127 Å². The number of guanidine groups is 1. The van der Waals surface area contributed by atoms with Crippen LogP contribution in [0.15, 0.2) is 35.3 Å². The first-order valence-corrected chi connectivity index (χ1v) is 7.84. The molecule has 114 valence electrons. The van der Waals surface area contributed by atoms with Crippen molar-refractivity contribution < 1.29 is 0 Å². The lowest BCUT2D eigenvalue weighted by Crippen LogP contribution is -2.37. The molecule has 0 aliphatic carbocycles. The Morgan fingerprint density at radius 3 is 2.76 bits per heavy atom. The number of rotatable bonds is 7. The summed E-state index contributed by atoms with van der Waals surface area (Å²) in [6.07, 6.45) is 5.06. The highest BCUT2D eigenvalue weighted by Crippen LogP contribution is 2.14. The fourth-order valence-corrected chi connectivity index (χ4v) is 2.39. The van der Waals surface area contributed by atoms with Gasteiger partial charge in [-0.1, -0.05) is 44.4 Å². The highest BCUT2D eigenvalue weighted by molar-refractivity contribution is 5.81. The number of H-pyrrole nitrogens is 1. The average molecular weight is 286 g/mol. The van der Waals surface area contributed by atoms with Crippen LogP contribution in [0.5, 0.6) is 0 Å². The number of aliphatic imine (C=N–C) groups is 1. The lowest BCUT2D eigenvalue weighted by atomic mass is 10.2. The van der Waals surface area contributed by atoms with E-state index in [9.17, 15) is 0 Å². The van der Waals surface area contributed by atoms with E-state index >= 15 is 0 Å². The SMILES string of the molecule is CCCCCCNC(=NC)NCc1cc2ccccc2[nH]1. The molecule has 4 heteroatoms. The van der Waals surface area contributed by atoms with Gasteiger partial charge in [0.2, 0.25) is 0 Å². The summed E-state index contributed by atoms with van der Waals surface area (Å²) in [5.74, 6) is 0.866. The minimum atomic E-state index is 0.753. The summed E-state index contributed by atoms with van der Waals surface area (Å²) in [5, 5.41) is 7.95. The van der Waals surface area contributed by atoms with E-state index in [0.717, 1.165) is 19.0 Å². The second kappa shape index (κ2) is 8.35. The van der Waals surface area contributed by atoms with Crippen LogP contribution in [0.4, 0.5) is 0 Å². The van der Waals surface area contributed by atoms with Gasteiger partial charge in [0.25, 0.3) is 0 Å². The molecule has 2 aromatic rings. The van der Waals surface area contributed by atoms with Gasteiger partial charge in [-0.15, -0.1) is 0 Å². The Morgan fingerprint density at radius 1 is 1.14 bits per heavy atom. The Kier molecular flexibility index (Phi) is 6.13. The number of aromatic nitrogens is 1. The first-order valence-electron chi connectivity index (χ1n) is 7.84. The van der Waals surface area contributed by atoms with Crippen LogP contribution < -0.4 is 10.6 Å². The summed E-state index contributed by atoms with van der Waals surface area (Å²) in [6, 6.07) is 10.5. The van der Waals surface area contributed by atoms with Gasteiger partial charge in [0.05, 0.1) is 6.54 Å². The van der Waals surface area contributed by atoms with Crippen molar-refractivity contribution in [2.75, 3.05) is 13.6 Å². The zero-order valence-corrected chi connectivity index (χ0v) is 13.1. The zero-order chi connectivity index (χ0) is 14.9. The standard InChI is InChI=1S/C17H26N4/c1-3-4-5-8-11-19-17(18-2)20-13-15-12-14-9-6-7-10-16(14)21-15/h6-7,9-10,12,21H,3-5,8,11,13H2,1-2H3,(H2,18,19,20). The third-order valence-corrected chi connectivity index (χ3v) is 3.58. The van der Waals surface area contributed by atoms with Crippen LogP contribution in [-0.2, 0) is 6.54 Å². The van der Waals surface area contributed by atoms with Crippen molar-refractivity contribution in [3.8, 4) is 0 Å². The molecule has 0 aliphatic rings. The molecular formula is C17H26N4. The maximum atomic E-state index is 4.26. The summed E-state index contributed by atoms with van der Waals surface area (Å²) >= 11 is 0. The summed E-state index contributed by atoms with van der Waals surface area (Å²) in [4.78, 5) is 7.67. The predicted octanol–water partition coefficient (Wildman–Crippen LogP) is 3.41. The van der Waals surface area contributed by atoms with Gasteiger partial charge in [-0.05, 0) is 23.9 Å². The van der Waals surface area contributed by atoms with E-state index in [1.807, 2.05) is 13.1 Å². The van der Waals surface area contributed by atoms with Crippen molar-refractivity contribution in [2.24, 2.45) is 4.99 Å². The molecule has 1 aromatic carbocycles. The van der Waals surface area contributed by atoms with Crippen molar-refractivity contribution in [3.63, 3.8) is 0 Å². The van der Waals surface area contributed by atoms with Crippen molar-refractivity contribution in [1.82, 2.24) is 15.6 Å². The molecule has 0 saturated heterocycles. The lowest BCUT2D eigenvalue weighted by Gasteiger charge is -2.11. The fourth-order valence-electron chi connectivity index (χ4n) is 2.39. The van der Waals surface area contributed by atoms with Crippen LogP contribution in [0.1, 0.15) is 38.3 Å². The largest absolute Gasteiger partial charge is 0.357 e. The van der Waals surface area contributed by atoms with Crippen molar-refractivity contribution >= 4 is 16.9 Å². The third kappa shape index (κ3) is 4.81. The molecule has 4 nitrogen and oxygen atoms in total. The van der Waals surface area contributed by atoms with Crippen LogP contribution in [0.25, 0.3) is 10.9 Å². The van der Waals surface area contributed by atoms with Crippen LogP contribution in [0.2, 0.25) is 0 Å². The minimum Gasteiger partial charge on any atom is -0.357 e. The maximum absolute atomic E-state index is 4.26. The van der Waals surface area contributed by atoms with Crippen LogP contribution in [0.3, 0.4) is 0 Å². The molecule has 2 rings (SSSR count). The number of hydrogen-bond acceptors (Lipinski definition) is 1. The highest BCUT2D eigenvalue weighted by Gasteiger charge is 2.01. The smallest absolute Gasteiger partial charge is 0.191 e. The zero-order valence-electron chi connectivity index (χ0n) is 13.1. The van der Waals surface area contributed by atoms with Gasteiger partial charge in [0.15, 0.2) is 5.96 Å². The van der Waals surface area contributed by atoms with E-state index in [4.69, 9.17) is 0 Å². The normalized spacial score (nSPS) is 11.8. The number of aromatic amines is 1. The molecule has 0 aliphatic heterocycles. The van der Waals surface area contributed by atoms with Gasteiger partial charge in [-0.2, -0.15) is 0 Å². The van der Waals surface area contributed by atoms with Crippen molar-refractivity contribution in [2.45, 2.75) is 39.2 Å². The number of para-hydroxylation sites is 1. The van der Waals surface area contributed by atoms with E-state index in [-0.39, 0.29) is 0 Å². The van der Waals surface area contributed by atoms with Gasteiger partial charge in [0, 0.05) is 24.8 Å². The summed E-state index contributed by atoms with van der Waals surface area (Å²) in [7, 11) is 1.81. The number of benzene rings is 1. The Morgan fingerprint density at radius 2 is 2.00 bits per heavy atom. The second-order valence-corrected chi connectivity index (χ2v) is 5.30. The van der Waals surface area contributed by atoms with E-state index in [1.54, 1.807) is 0 Å².